The van der Waals surface area contributed by atoms with Crippen molar-refractivity contribution in [1.29, 1.82) is 5.26 Å². The summed E-state index contributed by atoms with van der Waals surface area (Å²) in [5.41, 5.74) is 0.215. The van der Waals surface area contributed by atoms with Crippen LogP contribution in [-0.2, 0) is 0 Å². The van der Waals surface area contributed by atoms with Crippen LogP contribution in [0.5, 0.6) is 11.6 Å². The molecular formula is C9H3ClFN3OS. The molecule has 0 saturated carbocycles. The fourth-order valence-electron chi connectivity index (χ4n) is 0.988. The Bertz CT molecular complexity index is 566. The Kier molecular flexibility index (Phi) is 2.99. The standard InChI is InChI=1S/C9H3ClFN3OS/c10-8-9(14-16-13-8)15-7-2-1-5(4-12)3-6(7)11/h1-3H. The minimum Gasteiger partial charge on any atom is -0.433 e. The third-order valence-electron chi connectivity index (χ3n) is 1.69. The Morgan fingerprint density at radius 3 is 2.81 bits per heavy atom. The molecule has 0 spiro atoms. The normalized spacial score (nSPS) is 9.81. The summed E-state index contributed by atoms with van der Waals surface area (Å²) in [4.78, 5) is 0. The summed E-state index contributed by atoms with van der Waals surface area (Å²) in [5, 5.41) is 8.63. The maximum Gasteiger partial charge on any atom is 0.271 e. The molecule has 0 radical (unpaired) electrons. The number of nitrogens with zero attached hydrogens (tertiary/aromatic N) is 3. The summed E-state index contributed by atoms with van der Waals surface area (Å²) in [6.45, 7) is 0. The third-order valence-corrected chi connectivity index (χ3v) is 2.55. The van der Waals surface area contributed by atoms with E-state index in [1.165, 1.54) is 12.1 Å². The third kappa shape index (κ3) is 2.10. The second-order valence-corrected chi connectivity index (χ2v) is 3.61. The molecule has 0 bridgehead atoms. The average molecular weight is 256 g/mol. The quantitative estimate of drug-likeness (QED) is 0.828. The van der Waals surface area contributed by atoms with E-state index in [1.807, 2.05) is 6.07 Å². The van der Waals surface area contributed by atoms with Crippen LogP contribution >= 0.6 is 23.3 Å². The summed E-state index contributed by atoms with van der Waals surface area (Å²) in [5.74, 6) is -0.646. The second kappa shape index (κ2) is 4.43. The monoisotopic (exact) mass is 255 g/mol. The van der Waals surface area contributed by atoms with Gasteiger partial charge in [-0.2, -0.15) is 9.64 Å². The lowest BCUT2D eigenvalue weighted by molar-refractivity contribution is 0.431. The van der Waals surface area contributed by atoms with Crippen LogP contribution in [0.3, 0.4) is 0 Å². The molecule has 80 valence electrons. The van der Waals surface area contributed by atoms with E-state index >= 15 is 0 Å². The molecule has 4 nitrogen and oxygen atoms in total. The number of rotatable bonds is 2. The molecule has 1 aromatic carbocycles. The predicted octanol–water partition coefficient (Wildman–Crippen LogP) is 2.99. The first kappa shape index (κ1) is 10.8. The van der Waals surface area contributed by atoms with Crippen molar-refractivity contribution in [2.24, 2.45) is 0 Å². The summed E-state index contributed by atoms with van der Waals surface area (Å²) >= 11 is 6.50. The minimum absolute atomic E-state index is 0.0476. The van der Waals surface area contributed by atoms with E-state index in [0.29, 0.717) is 0 Å². The lowest BCUT2D eigenvalue weighted by Gasteiger charge is -2.03. The van der Waals surface area contributed by atoms with Gasteiger partial charge in [-0.25, -0.2) is 4.39 Å². The van der Waals surface area contributed by atoms with Gasteiger partial charge in [0.05, 0.1) is 23.4 Å². The van der Waals surface area contributed by atoms with Crippen molar-refractivity contribution in [1.82, 2.24) is 8.75 Å². The van der Waals surface area contributed by atoms with Crippen LogP contribution in [0.4, 0.5) is 4.39 Å². The average Bonchev–Trinajstić information content (AvgIpc) is 2.67. The Morgan fingerprint density at radius 1 is 1.44 bits per heavy atom. The first-order valence-corrected chi connectivity index (χ1v) is 5.17. The van der Waals surface area contributed by atoms with Gasteiger partial charge in [-0.15, -0.1) is 4.37 Å². The molecule has 2 aromatic rings. The van der Waals surface area contributed by atoms with Gasteiger partial charge in [0.15, 0.2) is 11.6 Å². The van der Waals surface area contributed by atoms with E-state index in [-0.39, 0.29) is 22.3 Å². The lowest BCUT2D eigenvalue weighted by atomic mass is 10.2. The van der Waals surface area contributed by atoms with Crippen LogP contribution in [0.15, 0.2) is 18.2 Å². The number of aromatic nitrogens is 2. The Labute approximate surface area is 99.2 Å². The number of benzene rings is 1. The van der Waals surface area contributed by atoms with Crippen molar-refractivity contribution in [2.75, 3.05) is 0 Å². The molecule has 0 N–H and O–H groups in total. The molecule has 0 aliphatic heterocycles. The highest BCUT2D eigenvalue weighted by Gasteiger charge is 2.11. The van der Waals surface area contributed by atoms with E-state index in [1.54, 1.807) is 0 Å². The van der Waals surface area contributed by atoms with Gasteiger partial charge >= 0.3 is 0 Å². The number of halogens is 2. The summed E-state index contributed by atoms with van der Waals surface area (Å²) in [6.07, 6.45) is 0. The lowest BCUT2D eigenvalue weighted by Crippen LogP contribution is -1.89. The molecule has 0 aliphatic rings. The Morgan fingerprint density at radius 2 is 2.25 bits per heavy atom. The van der Waals surface area contributed by atoms with Gasteiger partial charge in [-0.05, 0) is 18.2 Å². The molecule has 1 aromatic heterocycles. The number of ether oxygens (including phenoxy) is 1. The van der Waals surface area contributed by atoms with E-state index in [2.05, 4.69) is 8.75 Å². The summed E-state index contributed by atoms with van der Waals surface area (Å²) in [6, 6.07) is 5.66. The topological polar surface area (TPSA) is 58.8 Å². The van der Waals surface area contributed by atoms with E-state index in [9.17, 15) is 4.39 Å². The zero-order valence-electron chi connectivity index (χ0n) is 7.65. The highest BCUT2D eigenvalue weighted by molar-refractivity contribution is 6.99. The van der Waals surface area contributed by atoms with Crippen molar-refractivity contribution in [3.05, 3.63) is 34.7 Å². The van der Waals surface area contributed by atoms with Crippen LogP contribution in [0.1, 0.15) is 5.56 Å². The van der Waals surface area contributed by atoms with Crippen molar-refractivity contribution in [3.8, 4) is 17.7 Å². The summed E-state index contributed by atoms with van der Waals surface area (Å²) in [7, 11) is 0. The second-order valence-electron chi connectivity index (χ2n) is 2.72. The fraction of sp³-hybridized carbons (Fsp3) is 0. The smallest absolute Gasteiger partial charge is 0.271 e. The van der Waals surface area contributed by atoms with E-state index in [0.717, 1.165) is 17.8 Å². The maximum atomic E-state index is 13.4. The van der Waals surface area contributed by atoms with Gasteiger partial charge in [-0.1, -0.05) is 11.6 Å². The van der Waals surface area contributed by atoms with Gasteiger partial charge in [0.2, 0.25) is 5.15 Å². The van der Waals surface area contributed by atoms with Crippen LogP contribution in [0.2, 0.25) is 5.15 Å². The van der Waals surface area contributed by atoms with Crippen molar-refractivity contribution in [2.45, 2.75) is 0 Å². The molecule has 0 amide bonds. The van der Waals surface area contributed by atoms with Gasteiger partial charge < -0.3 is 4.74 Å². The first-order chi connectivity index (χ1) is 7.70. The molecule has 0 unspecified atom stereocenters. The molecule has 1 heterocycles. The zero-order valence-corrected chi connectivity index (χ0v) is 9.22. The Hall–Kier alpha value is -1.71. The molecule has 0 saturated heterocycles. The SMILES string of the molecule is N#Cc1ccc(Oc2nsnc2Cl)c(F)c1. The van der Waals surface area contributed by atoms with Gasteiger partial charge in [0, 0.05) is 0 Å². The van der Waals surface area contributed by atoms with Crippen LogP contribution in [0, 0.1) is 17.1 Å². The number of nitriles is 1. The van der Waals surface area contributed by atoms with Crippen LogP contribution < -0.4 is 4.74 Å². The molecule has 2 rings (SSSR count). The minimum atomic E-state index is -0.650. The molecule has 0 aliphatic carbocycles. The highest BCUT2D eigenvalue weighted by Crippen LogP contribution is 2.28. The zero-order chi connectivity index (χ0) is 11.5. The summed E-state index contributed by atoms with van der Waals surface area (Å²) < 4.78 is 25.9. The van der Waals surface area contributed by atoms with E-state index in [4.69, 9.17) is 21.6 Å². The van der Waals surface area contributed by atoms with Crippen LogP contribution in [0.25, 0.3) is 0 Å². The molecular weight excluding hydrogens is 253 g/mol. The largest absolute Gasteiger partial charge is 0.433 e. The molecule has 0 atom stereocenters. The fourth-order valence-corrected chi connectivity index (χ4v) is 1.60. The van der Waals surface area contributed by atoms with Gasteiger partial charge in [0.1, 0.15) is 0 Å². The highest BCUT2D eigenvalue weighted by atomic mass is 35.5. The Balaban J connectivity index is 2.30. The number of hydrogen-bond donors (Lipinski definition) is 0. The van der Waals surface area contributed by atoms with Gasteiger partial charge in [0.25, 0.3) is 5.88 Å². The molecule has 16 heavy (non-hydrogen) atoms. The first-order valence-electron chi connectivity index (χ1n) is 4.06. The molecule has 0 fully saturated rings. The van der Waals surface area contributed by atoms with Gasteiger partial charge in [-0.3, -0.25) is 0 Å². The van der Waals surface area contributed by atoms with Crippen molar-refractivity contribution >= 4 is 23.3 Å². The predicted molar refractivity (Wildman–Crippen MR) is 56.1 cm³/mol. The molecule has 7 heteroatoms. The van der Waals surface area contributed by atoms with Crippen molar-refractivity contribution < 1.29 is 9.13 Å². The number of hydrogen-bond acceptors (Lipinski definition) is 5. The van der Waals surface area contributed by atoms with Crippen LogP contribution in [-0.4, -0.2) is 8.75 Å². The maximum absolute atomic E-state index is 13.4. The van der Waals surface area contributed by atoms with Crippen molar-refractivity contribution in [3.63, 3.8) is 0 Å². The van der Waals surface area contributed by atoms with E-state index < -0.39 is 5.82 Å².